The van der Waals surface area contributed by atoms with Gasteiger partial charge >= 0.3 is 6.09 Å². The Morgan fingerprint density at radius 2 is 2.26 bits per heavy atom. The van der Waals surface area contributed by atoms with Crippen molar-refractivity contribution in [3.63, 3.8) is 0 Å². The first-order valence-corrected chi connectivity index (χ1v) is 6.69. The maximum atomic E-state index is 11.9. The van der Waals surface area contributed by atoms with Gasteiger partial charge in [-0.2, -0.15) is 4.98 Å². The lowest BCUT2D eigenvalue weighted by atomic mass is 10.1. The molecule has 106 valence electrons. The highest BCUT2D eigenvalue weighted by molar-refractivity contribution is 5.68. The molecule has 1 saturated heterocycles. The fourth-order valence-electron chi connectivity index (χ4n) is 2.03. The molecule has 6 heteroatoms. The topological polar surface area (TPSA) is 68.5 Å². The minimum Gasteiger partial charge on any atom is -0.444 e. The molecular formula is C13H21N3O3. The number of hydrogen-bond acceptors (Lipinski definition) is 5. The fraction of sp³-hybridized carbons (Fsp3) is 0.769. The van der Waals surface area contributed by atoms with E-state index >= 15 is 0 Å². The van der Waals surface area contributed by atoms with Crippen LogP contribution in [-0.4, -0.2) is 39.8 Å². The summed E-state index contributed by atoms with van der Waals surface area (Å²) in [5.74, 6) is 1.47. The quantitative estimate of drug-likeness (QED) is 0.822. The van der Waals surface area contributed by atoms with E-state index in [1.807, 2.05) is 27.7 Å². The van der Waals surface area contributed by atoms with Gasteiger partial charge in [-0.05, 0) is 27.2 Å². The number of carbonyl (C=O) groups excluding carboxylic acids is 1. The molecule has 1 aliphatic rings. The Bertz CT molecular complexity index is 450. The maximum Gasteiger partial charge on any atom is 0.410 e. The summed E-state index contributed by atoms with van der Waals surface area (Å²) < 4.78 is 10.6. The molecule has 1 atom stereocenters. The highest BCUT2D eigenvalue weighted by atomic mass is 16.6. The zero-order valence-electron chi connectivity index (χ0n) is 12.0. The van der Waals surface area contributed by atoms with Crippen LogP contribution in [0.2, 0.25) is 0 Å². The van der Waals surface area contributed by atoms with Crippen molar-refractivity contribution in [1.82, 2.24) is 15.0 Å². The van der Waals surface area contributed by atoms with Crippen molar-refractivity contribution in [1.29, 1.82) is 0 Å². The number of aromatic nitrogens is 2. The van der Waals surface area contributed by atoms with Crippen molar-refractivity contribution in [3.05, 3.63) is 11.7 Å². The molecule has 1 aliphatic heterocycles. The van der Waals surface area contributed by atoms with Crippen molar-refractivity contribution in [2.24, 2.45) is 0 Å². The van der Waals surface area contributed by atoms with Gasteiger partial charge in [0.2, 0.25) is 5.89 Å². The molecule has 1 amide bonds. The highest BCUT2D eigenvalue weighted by Crippen LogP contribution is 2.27. The van der Waals surface area contributed by atoms with Gasteiger partial charge < -0.3 is 14.2 Å². The average Bonchev–Trinajstić information content (AvgIpc) is 2.95. The monoisotopic (exact) mass is 267 g/mol. The third-order valence-electron chi connectivity index (χ3n) is 2.99. The number of likely N-dealkylation sites (tertiary alicyclic amines) is 1. The molecule has 0 spiro atoms. The van der Waals surface area contributed by atoms with Gasteiger partial charge in [0.05, 0.1) is 5.92 Å². The van der Waals surface area contributed by atoms with Gasteiger partial charge in [0, 0.05) is 19.5 Å². The first kappa shape index (κ1) is 13.8. The summed E-state index contributed by atoms with van der Waals surface area (Å²) in [5, 5.41) is 3.89. The van der Waals surface area contributed by atoms with Gasteiger partial charge in [-0.1, -0.05) is 12.1 Å². The molecule has 6 nitrogen and oxygen atoms in total. The minimum atomic E-state index is -0.463. The Morgan fingerprint density at radius 3 is 2.84 bits per heavy atom. The molecule has 19 heavy (non-hydrogen) atoms. The van der Waals surface area contributed by atoms with Crippen LogP contribution < -0.4 is 0 Å². The molecule has 0 radical (unpaired) electrons. The molecule has 1 aromatic rings. The van der Waals surface area contributed by atoms with Crippen LogP contribution in [0.5, 0.6) is 0 Å². The number of amides is 1. The third kappa shape index (κ3) is 3.45. The van der Waals surface area contributed by atoms with Gasteiger partial charge in [0.1, 0.15) is 5.60 Å². The summed E-state index contributed by atoms with van der Waals surface area (Å²) in [7, 11) is 0. The van der Waals surface area contributed by atoms with E-state index in [2.05, 4.69) is 10.1 Å². The van der Waals surface area contributed by atoms with Crippen LogP contribution in [0.3, 0.4) is 0 Å². The van der Waals surface area contributed by atoms with E-state index in [-0.39, 0.29) is 12.0 Å². The summed E-state index contributed by atoms with van der Waals surface area (Å²) in [6, 6.07) is 0. The normalized spacial score (nSPS) is 19.8. The lowest BCUT2D eigenvalue weighted by molar-refractivity contribution is 0.0291. The van der Waals surface area contributed by atoms with E-state index in [0.717, 1.165) is 12.8 Å². The second-order valence-electron chi connectivity index (χ2n) is 5.81. The van der Waals surface area contributed by atoms with Crippen molar-refractivity contribution < 1.29 is 14.1 Å². The van der Waals surface area contributed by atoms with E-state index in [4.69, 9.17) is 9.26 Å². The Hall–Kier alpha value is -1.59. The predicted molar refractivity (Wildman–Crippen MR) is 68.8 cm³/mol. The average molecular weight is 267 g/mol. The molecular weight excluding hydrogens is 246 g/mol. The number of ether oxygens (including phenoxy) is 1. The maximum absolute atomic E-state index is 11.9. The second kappa shape index (κ2) is 5.19. The SMILES string of the molecule is CCc1noc(C2CCN(C(=O)OC(C)(C)C)C2)n1. The molecule has 0 N–H and O–H groups in total. The summed E-state index contributed by atoms with van der Waals surface area (Å²) in [6.45, 7) is 8.83. The number of rotatable bonds is 2. The van der Waals surface area contributed by atoms with Crippen molar-refractivity contribution >= 4 is 6.09 Å². The largest absolute Gasteiger partial charge is 0.444 e. The van der Waals surface area contributed by atoms with Crippen LogP contribution in [0.25, 0.3) is 0 Å². The molecule has 0 saturated carbocycles. The fourth-order valence-corrected chi connectivity index (χ4v) is 2.03. The summed E-state index contributed by atoms with van der Waals surface area (Å²) in [5.41, 5.74) is -0.463. The van der Waals surface area contributed by atoms with Crippen LogP contribution >= 0.6 is 0 Å². The Morgan fingerprint density at radius 1 is 1.53 bits per heavy atom. The van der Waals surface area contributed by atoms with Crippen molar-refractivity contribution in [2.75, 3.05) is 13.1 Å². The Labute approximate surface area is 113 Å². The van der Waals surface area contributed by atoms with Crippen LogP contribution in [-0.2, 0) is 11.2 Å². The van der Waals surface area contributed by atoms with Crippen LogP contribution in [0.15, 0.2) is 4.52 Å². The van der Waals surface area contributed by atoms with Gasteiger partial charge in [-0.25, -0.2) is 4.79 Å². The van der Waals surface area contributed by atoms with E-state index < -0.39 is 5.60 Å². The smallest absolute Gasteiger partial charge is 0.410 e. The summed E-state index contributed by atoms with van der Waals surface area (Å²) >= 11 is 0. The van der Waals surface area contributed by atoms with Crippen LogP contribution in [0.1, 0.15) is 51.7 Å². The Kier molecular flexibility index (Phi) is 3.78. The zero-order chi connectivity index (χ0) is 14.0. The first-order chi connectivity index (χ1) is 8.89. The van der Waals surface area contributed by atoms with Gasteiger partial charge in [0.15, 0.2) is 5.82 Å². The third-order valence-corrected chi connectivity index (χ3v) is 2.99. The van der Waals surface area contributed by atoms with E-state index in [1.54, 1.807) is 4.90 Å². The van der Waals surface area contributed by atoms with Crippen molar-refractivity contribution in [3.8, 4) is 0 Å². The lowest BCUT2D eigenvalue weighted by Crippen LogP contribution is -2.35. The van der Waals surface area contributed by atoms with Gasteiger partial charge in [0.25, 0.3) is 0 Å². The summed E-state index contributed by atoms with van der Waals surface area (Å²) in [4.78, 5) is 18.0. The minimum absolute atomic E-state index is 0.125. The number of nitrogens with zero attached hydrogens (tertiary/aromatic N) is 3. The molecule has 2 rings (SSSR count). The zero-order valence-corrected chi connectivity index (χ0v) is 12.0. The van der Waals surface area contributed by atoms with E-state index in [0.29, 0.717) is 24.8 Å². The Balaban J connectivity index is 1.94. The van der Waals surface area contributed by atoms with E-state index in [1.165, 1.54) is 0 Å². The molecule has 0 bridgehead atoms. The van der Waals surface area contributed by atoms with Crippen molar-refractivity contribution in [2.45, 2.75) is 52.1 Å². The first-order valence-electron chi connectivity index (χ1n) is 6.69. The van der Waals surface area contributed by atoms with Gasteiger partial charge in [-0.15, -0.1) is 0 Å². The molecule has 1 fully saturated rings. The molecule has 0 aliphatic carbocycles. The molecule has 2 heterocycles. The van der Waals surface area contributed by atoms with Gasteiger partial charge in [-0.3, -0.25) is 0 Å². The molecule has 1 unspecified atom stereocenters. The number of hydrogen-bond donors (Lipinski definition) is 0. The highest BCUT2D eigenvalue weighted by Gasteiger charge is 2.33. The van der Waals surface area contributed by atoms with Crippen LogP contribution in [0, 0.1) is 0 Å². The lowest BCUT2D eigenvalue weighted by Gasteiger charge is -2.24. The standard InChI is InChI=1S/C13H21N3O3/c1-5-10-14-11(19-15-10)9-6-7-16(8-9)12(17)18-13(2,3)4/h9H,5-8H2,1-4H3. The number of carbonyl (C=O) groups is 1. The molecule has 1 aromatic heterocycles. The second-order valence-corrected chi connectivity index (χ2v) is 5.81. The summed E-state index contributed by atoms with van der Waals surface area (Å²) in [6.07, 6.45) is 1.32. The predicted octanol–water partition coefficient (Wildman–Crippen LogP) is 2.36. The number of aryl methyl sites for hydroxylation is 1. The van der Waals surface area contributed by atoms with Crippen LogP contribution in [0.4, 0.5) is 4.79 Å². The van der Waals surface area contributed by atoms with E-state index in [9.17, 15) is 4.79 Å². The molecule has 0 aromatic carbocycles.